The monoisotopic (exact) mass is 816 g/mol. The number of nitrogens with zero attached hydrogens (tertiary/aromatic N) is 5. The number of hydrogen-bond donors (Lipinski definition) is 0. The lowest BCUT2D eigenvalue weighted by Gasteiger charge is -2.48. The van der Waals surface area contributed by atoms with Gasteiger partial charge in [0.05, 0.1) is 43.3 Å². The van der Waals surface area contributed by atoms with E-state index in [9.17, 15) is 14.4 Å². The Kier molecular flexibility index (Phi) is 13.9. The van der Waals surface area contributed by atoms with Crippen molar-refractivity contribution in [2.75, 3.05) is 33.9 Å². The molecule has 1 aromatic rings. The van der Waals surface area contributed by atoms with Crippen LogP contribution in [-0.2, 0) is 44.4 Å². The number of carbonyl (C=O) groups is 4. The average Bonchev–Trinajstić information content (AvgIpc) is 3.81. The highest BCUT2D eigenvalue weighted by Gasteiger charge is 2.63. The van der Waals surface area contributed by atoms with Crippen molar-refractivity contribution in [1.29, 1.82) is 0 Å². The Bertz CT molecular complexity index is 1660. The van der Waals surface area contributed by atoms with Gasteiger partial charge in [0.15, 0.2) is 17.7 Å². The summed E-state index contributed by atoms with van der Waals surface area (Å²) in [6.07, 6.45) is 2.36. The normalized spacial score (nSPS) is 38.9. The summed E-state index contributed by atoms with van der Waals surface area (Å²) in [5.41, 5.74) is -2.58. The van der Waals surface area contributed by atoms with Crippen LogP contribution in [0.2, 0.25) is 0 Å². The van der Waals surface area contributed by atoms with Crippen LogP contribution >= 0.6 is 0 Å². The van der Waals surface area contributed by atoms with Crippen molar-refractivity contribution in [1.82, 2.24) is 24.5 Å². The third-order valence-corrected chi connectivity index (χ3v) is 12.6. The van der Waals surface area contributed by atoms with E-state index >= 15 is 4.79 Å². The Balaban J connectivity index is 1.63. The maximum Gasteiger partial charge on any atom is 0.435 e. The summed E-state index contributed by atoms with van der Waals surface area (Å²) in [5.74, 6) is -3.54. The average molecular weight is 816 g/mol. The molecule has 1 aromatic heterocycles. The fourth-order valence-corrected chi connectivity index (χ4v) is 9.90. The number of carbonyl (C=O) groups excluding carboxylic acids is 4. The third kappa shape index (κ3) is 9.48. The lowest BCUT2D eigenvalue weighted by Crippen LogP contribution is -2.57. The quantitative estimate of drug-likeness (QED) is 0.130. The van der Waals surface area contributed by atoms with E-state index in [1.165, 1.54) is 12.4 Å². The first-order chi connectivity index (χ1) is 27.0. The van der Waals surface area contributed by atoms with Crippen LogP contribution in [0, 0.1) is 23.7 Å². The van der Waals surface area contributed by atoms with Crippen LogP contribution in [0.5, 0.6) is 0 Å². The summed E-state index contributed by atoms with van der Waals surface area (Å²) in [4.78, 5) is 62.6. The van der Waals surface area contributed by atoms with Crippen molar-refractivity contribution in [2.24, 2.45) is 23.7 Å². The largest absolute Gasteiger partial charge is 0.457 e. The molecule has 58 heavy (non-hydrogen) atoms. The van der Waals surface area contributed by atoms with E-state index in [0.29, 0.717) is 31.6 Å². The number of esters is 1. The Labute approximate surface area is 345 Å². The van der Waals surface area contributed by atoms with Crippen molar-refractivity contribution in [3.05, 3.63) is 30.6 Å². The number of fused-ring (bicyclic) bond motifs is 1. The van der Waals surface area contributed by atoms with Gasteiger partial charge in [-0.05, 0) is 99.7 Å². The zero-order chi connectivity index (χ0) is 43.1. The van der Waals surface area contributed by atoms with Gasteiger partial charge in [0.2, 0.25) is 0 Å². The van der Waals surface area contributed by atoms with E-state index in [1.807, 2.05) is 41.8 Å². The summed E-state index contributed by atoms with van der Waals surface area (Å²) in [7, 11) is 4.09. The van der Waals surface area contributed by atoms with Crippen molar-refractivity contribution < 1.29 is 47.6 Å². The van der Waals surface area contributed by atoms with Gasteiger partial charge in [0, 0.05) is 36.7 Å². The summed E-state index contributed by atoms with van der Waals surface area (Å²) >= 11 is 0. The molecule has 2 bridgehead atoms. The molecule has 0 spiro atoms. The first-order valence-corrected chi connectivity index (χ1v) is 21.0. The Morgan fingerprint density at radius 3 is 2.43 bits per heavy atom. The molecule has 0 N–H and O–H groups in total. The number of hydrogen-bond acceptors (Lipinski definition) is 13. The summed E-state index contributed by atoms with van der Waals surface area (Å²) in [5, 5.41) is 4.22. The molecular weight excluding hydrogens is 746 g/mol. The third-order valence-electron chi connectivity index (χ3n) is 12.6. The lowest BCUT2D eigenvalue weighted by atomic mass is 9.77. The highest BCUT2D eigenvalue weighted by molar-refractivity contribution is 6.00. The van der Waals surface area contributed by atoms with Crippen LogP contribution in [0.4, 0.5) is 9.59 Å². The van der Waals surface area contributed by atoms with Gasteiger partial charge >= 0.3 is 18.2 Å². The molecule has 0 aliphatic carbocycles. The van der Waals surface area contributed by atoms with Gasteiger partial charge in [0.1, 0.15) is 17.6 Å². The predicted octanol–water partition coefficient (Wildman–Crippen LogP) is 5.68. The molecular formula is C43H69N5O10. The summed E-state index contributed by atoms with van der Waals surface area (Å²) in [6.45, 7) is 26.1. The first-order valence-electron chi connectivity index (χ1n) is 21.0. The fourth-order valence-electron chi connectivity index (χ4n) is 9.90. The second kappa shape index (κ2) is 17.7. The minimum Gasteiger partial charge on any atom is -0.457 e. The van der Waals surface area contributed by atoms with Gasteiger partial charge in [-0.3, -0.25) is 19.4 Å². The van der Waals surface area contributed by atoms with E-state index in [1.54, 1.807) is 38.7 Å². The number of ketones is 1. The Morgan fingerprint density at radius 2 is 1.81 bits per heavy atom. The Hall–Kier alpha value is -3.37. The van der Waals surface area contributed by atoms with E-state index in [0.717, 1.165) is 11.1 Å². The van der Waals surface area contributed by atoms with Gasteiger partial charge in [-0.15, -0.1) is 6.58 Å². The van der Waals surface area contributed by atoms with Crippen molar-refractivity contribution >= 4 is 23.9 Å². The number of Topliss-reactive ketones (excluding diaryl/α,β-unsaturated/α-hetero) is 1. The zero-order valence-electron chi connectivity index (χ0n) is 37.1. The van der Waals surface area contributed by atoms with Crippen LogP contribution in [0.15, 0.2) is 25.0 Å². The molecule has 5 unspecified atom stereocenters. The number of cyclic esters (lactones) is 1. The molecule has 15 heteroatoms. The van der Waals surface area contributed by atoms with E-state index in [2.05, 4.69) is 42.2 Å². The van der Waals surface area contributed by atoms with Gasteiger partial charge in [-0.25, -0.2) is 9.59 Å². The van der Waals surface area contributed by atoms with Gasteiger partial charge in [0.25, 0.3) is 0 Å². The van der Waals surface area contributed by atoms with Gasteiger partial charge in [-0.2, -0.15) is 9.78 Å². The van der Waals surface area contributed by atoms with Crippen molar-refractivity contribution in [3.63, 3.8) is 0 Å². The molecule has 5 heterocycles. The molecule has 14 atom stereocenters. The maximum atomic E-state index is 15.3. The highest BCUT2D eigenvalue weighted by atomic mass is 16.7. The van der Waals surface area contributed by atoms with E-state index in [-0.39, 0.29) is 43.1 Å². The standard InChI is InChI=1S/C43H69N5O10/c1-15-17-53-42(11)20-25(3)22-46-24-47-35(29(46)7)43(12,58-39(47)51)33(16-2)55-37(50)31(19-30-21-44-48(23-30)40(52)57-41(8,9)10)34(49)28(6)36(42)56-38-27(5)32(45(13)14)18-26(4)54-38/h15,21,23,25-29,31-33,35-36,38H,1,16-20,22,24H2,2-14H3/t25-,26?,27?,28+,29-,31-,32?,33-,35-,36?,38+,42-,43-/m1/s1. The number of aromatic nitrogens is 2. The van der Waals surface area contributed by atoms with Gasteiger partial charge < -0.3 is 33.3 Å². The first kappa shape index (κ1) is 45.7. The molecule has 1 amide bonds. The van der Waals surface area contributed by atoms with Crippen LogP contribution in [0.25, 0.3) is 0 Å². The zero-order valence-corrected chi connectivity index (χ0v) is 37.1. The summed E-state index contributed by atoms with van der Waals surface area (Å²) in [6, 6.07) is -0.399. The van der Waals surface area contributed by atoms with E-state index < -0.39 is 77.1 Å². The van der Waals surface area contributed by atoms with Crippen LogP contribution in [0.3, 0.4) is 0 Å². The van der Waals surface area contributed by atoms with Crippen LogP contribution in [0.1, 0.15) is 101 Å². The molecule has 15 nitrogen and oxygen atoms in total. The number of rotatable bonds is 9. The van der Waals surface area contributed by atoms with Gasteiger partial charge in [-0.1, -0.05) is 33.8 Å². The second-order valence-electron chi connectivity index (χ2n) is 18.9. The molecule has 0 radical (unpaired) electrons. The van der Waals surface area contributed by atoms with Crippen LogP contribution in [-0.4, -0.2) is 142 Å². The minimum absolute atomic E-state index is 0.00517. The SMILES string of the molecule is C=CCO[C@]1(C)C[C@@H](C)CN2CN3C(=O)O[C@](C)([C@@H](CC)OC(=O)[C@H](Cc4cnn(C(=O)OC(C)(C)C)c4)C(=O)[C@H](C)C1O[C@@H]1OC(C)CC(N(C)C)C1C)[C@H]3[C@H]2C. The van der Waals surface area contributed by atoms with Crippen molar-refractivity contribution in [2.45, 2.75) is 161 Å². The molecule has 4 fully saturated rings. The Morgan fingerprint density at radius 1 is 1.12 bits per heavy atom. The predicted molar refractivity (Wildman–Crippen MR) is 216 cm³/mol. The topological polar surface area (TPSA) is 151 Å². The number of ether oxygens (including phenoxy) is 6. The molecule has 0 saturated carbocycles. The molecule has 5 rings (SSSR count). The fraction of sp³-hybridized carbons (Fsp3) is 0.791. The van der Waals surface area contributed by atoms with Crippen LogP contribution < -0.4 is 0 Å². The van der Waals surface area contributed by atoms with Crippen molar-refractivity contribution in [3.8, 4) is 0 Å². The molecule has 0 aromatic carbocycles. The smallest absolute Gasteiger partial charge is 0.435 e. The molecule has 4 saturated heterocycles. The maximum absolute atomic E-state index is 15.3. The highest BCUT2D eigenvalue weighted by Crippen LogP contribution is 2.44. The minimum atomic E-state index is -1.36. The summed E-state index contributed by atoms with van der Waals surface area (Å²) < 4.78 is 39.3. The molecule has 4 aliphatic rings. The molecule has 4 aliphatic heterocycles. The lowest BCUT2D eigenvalue weighted by molar-refractivity contribution is -0.282. The second-order valence-corrected chi connectivity index (χ2v) is 18.9. The van der Waals surface area contributed by atoms with E-state index in [4.69, 9.17) is 28.4 Å². The number of amides is 1. The molecule has 326 valence electrons.